The monoisotopic (exact) mass is 642 g/mol. The number of ketones is 1. The molecule has 0 bridgehead atoms. The fourth-order valence-corrected chi connectivity index (χ4v) is 6.20. The molecule has 38 heavy (non-hydrogen) atoms. The number of esters is 2. The highest BCUT2D eigenvalue weighted by atomic mass is 127. The maximum atomic E-state index is 13.0. The molecule has 8 nitrogen and oxygen atoms in total. The van der Waals surface area contributed by atoms with Gasteiger partial charge in [0, 0.05) is 37.2 Å². The largest absolute Gasteiger partial charge is 0.459 e. The number of ether oxygens (including phenoxy) is 2. The summed E-state index contributed by atoms with van der Waals surface area (Å²) in [5.41, 5.74) is -3.36. The third kappa shape index (κ3) is 7.11. The predicted molar refractivity (Wildman–Crippen MR) is 152 cm³/mol. The van der Waals surface area contributed by atoms with E-state index in [-0.39, 0.29) is 16.6 Å². The molecule has 0 fully saturated rings. The van der Waals surface area contributed by atoms with Crippen molar-refractivity contribution in [2.45, 2.75) is 77.3 Å². The molecule has 210 valence electrons. The molecular weight excluding hydrogens is 603 g/mol. The van der Waals surface area contributed by atoms with E-state index >= 15 is 0 Å². The number of aliphatic hydroxyl groups is 3. The van der Waals surface area contributed by atoms with Crippen molar-refractivity contribution in [2.75, 3.05) is 6.61 Å². The van der Waals surface area contributed by atoms with Crippen LogP contribution in [0.2, 0.25) is 0 Å². The van der Waals surface area contributed by atoms with Crippen molar-refractivity contribution >= 4 is 40.3 Å². The maximum absolute atomic E-state index is 13.0. The second kappa shape index (κ2) is 13.8. The highest BCUT2D eigenvalue weighted by molar-refractivity contribution is 14.1. The lowest BCUT2D eigenvalue weighted by molar-refractivity contribution is -0.195. The van der Waals surface area contributed by atoms with Gasteiger partial charge in [-0.05, 0) is 41.5 Å². The lowest BCUT2D eigenvalue weighted by Gasteiger charge is -2.48. The van der Waals surface area contributed by atoms with Gasteiger partial charge < -0.3 is 24.8 Å². The molecule has 2 aliphatic carbocycles. The zero-order valence-corrected chi connectivity index (χ0v) is 24.8. The molecule has 0 heterocycles. The minimum absolute atomic E-state index is 0.138. The zero-order valence-electron chi connectivity index (χ0n) is 22.6. The number of unbranched alkanes of at least 4 members (excludes halogenated alkanes) is 1. The fraction of sp³-hybridized carbons (Fsp3) is 0.552. The Morgan fingerprint density at radius 1 is 1.16 bits per heavy atom. The number of hydrogen-bond donors (Lipinski definition) is 3. The molecule has 0 aromatic carbocycles. The molecule has 0 radical (unpaired) electrons. The predicted octanol–water partition coefficient (Wildman–Crippen LogP) is 3.89. The van der Waals surface area contributed by atoms with Gasteiger partial charge in [0.2, 0.25) is 5.78 Å². The first kappa shape index (κ1) is 32.1. The Morgan fingerprint density at radius 3 is 2.42 bits per heavy atom. The molecule has 0 saturated carbocycles. The van der Waals surface area contributed by atoms with Gasteiger partial charge in [-0.3, -0.25) is 9.59 Å². The fourth-order valence-electron chi connectivity index (χ4n) is 5.37. The van der Waals surface area contributed by atoms with E-state index in [1.54, 1.807) is 39.0 Å². The summed E-state index contributed by atoms with van der Waals surface area (Å²) < 4.78 is 11.4. The molecule has 3 unspecified atom stereocenters. The number of fused-ring (bicyclic) bond motifs is 1. The van der Waals surface area contributed by atoms with Crippen LogP contribution >= 0.6 is 22.6 Å². The van der Waals surface area contributed by atoms with E-state index in [9.17, 15) is 29.7 Å². The Bertz CT molecular complexity index is 1040. The molecule has 2 rings (SSSR count). The third-order valence-electron chi connectivity index (χ3n) is 7.30. The van der Waals surface area contributed by atoms with Crippen LogP contribution in [0.1, 0.15) is 53.9 Å². The first-order valence-electron chi connectivity index (χ1n) is 12.9. The van der Waals surface area contributed by atoms with Gasteiger partial charge in [-0.25, -0.2) is 4.79 Å². The van der Waals surface area contributed by atoms with E-state index in [2.05, 4.69) is 6.92 Å². The SMILES string of the molecule is CCC/C=C/C=C/C=C/C(=O)O[C@@H](C(C)OC(C)=O)[C@@H](C)[C@@]1(O)C(C)C=C(CO)C[C@]2(O)C(=O)C(I)=CC12. The van der Waals surface area contributed by atoms with Gasteiger partial charge >= 0.3 is 11.9 Å². The Labute approximate surface area is 238 Å². The summed E-state index contributed by atoms with van der Waals surface area (Å²) in [6, 6.07) is 0. The third-order valence-corrected chi connectivity index (χ3v) is 8.15. The van der Waals surface area contributed by atoms with Gasteiger partial charge in [-0.1, -0.05) is 69.7 Å². The molecule has 0 aliphatic heterocycles. The van der Waals surface area contributed by atoms with E-state index in [0.717, 1.165) is 12.8 Å². The molecular formula is C29H39IO8. The Kier molecular flexibility index (Phi) is 11.7. The highest BCUT2D eigenvalue weighted by Crippen LogP contribution is 2.52. The van der Waals surface area contributed by atoms with Gasteiger partial charge in [0.15, 0.2) is 0 Å². The van der Waals surface area contributed by atoms with Crippen LogP contribution < -0.4 is 0 Å². The van der Waals surface area contributed by atoms with E-state index in [0.29, 0.717) is 5.57 Å². The number of allylic oxidation sites excluding steroid dienone is 5. The van der Waals surface area contributed by atoms with Crippen molar-refractivity contribution in [3.63, 3.8) is 0 Å². The molecule has 2 aliphatic rings. The first-order chi connectivity index (χ1) is 17.8. The maximum Gasteiger partial charge on any atom is 0.331 e. The average molecular weight is 643 g/mol. The summed E-state index contributed by atoms with van der Waals surface area (Å²) in [6.45, 7) is 7.83. The first-order valence-corrected chi connectivity index (χ1v) is 14.0. The van der Waals surface area contributed by atoms with Crippen molar-refractivity contribution in [3.05, 3.63) is 57.8 Å². The van der Waals surface area contributed by atoms with Crippen LogP contribution in [0.15, 0.2) is 57.8 Å². The van der Waals surface area contributed by atoms with Crippen molar-refractivity contribution in [1.29, 1.82) is 0 Å². The number of aliphatic hydroxyl groups excluding tert-OH is 1. The number of carbonyl (C=O) groups excluding carboxylic acids is 3. The Balaban J connectivity index is 2.45. The summed E-state index contributed by atoms with van der Waals surface area (Å²) in [5.74, 6) is -4.46. The second-order valence-corrected chi connectivity index (χ2v) is 11.2. The molecule has 7 atom stereocenters. The standard InChI is InChI=1S/C29H39IO8/c1-6-7-8-9-10-11-12-13-25(33)38-26(20(4)37-21(5)32)19(3)29(36)18(2)14-22(17-31)16-28(35)24(29)15-23(30)27(28)34/h8-15,18-20,24,26,31,35-36H,6-7,16-17H2,1-5H3/b9-8+,11-10+,13-12+/t18?,19-,20?,24?,26-,28-,29+/m1/s1. The van der Waals surface area contributed by atoms with E-state index < -0.39 is 58.9 Å². The van der Waals surface area contributed by atoms with Crippen LogP contribution in [-0.4, -0.2) is 63.1 Å². The summed E-state index contributed by atoms with van der Waals surface area (Å²) >= 11 is 1.83. The summed E-state index contributed by atoms with van der Waals surface area (Å²) in [6.07, 6.45) is 13.1. The zero-order chi connectivity index (χ0) is 28.7. The molecule has 0 amide bonds. The van der Waals surface area contributed by atoms with Crippen LogP contribution in [-0.2, 0) is 23.9 Å². The van der Waals surface area contributed by atoms with Crippen molar-refractivity contribution < 1.29 is 39.2 Å². The van der Waals surface area contributed by atoms with E-state index in [1.165, 1.54) is 25.2 Å². The molecule has 0 spiro atoms. The summed E-state index contributed by atoms with van der Waals surface area (Å²) in [7, 11) is 0. The van der Waals surface area contributed by atoms with Crippen LogP contribution in [0, 0.1) is 17.8 Å². The topological polar surface area (TPSA) is 130 Å². The molecule has 0 saturated heterocycles. The highest BCUT2D eigenvalue weighted by Gasteiger charge is 2.63. The molecule has 0 aromatic heterocycles. The number of Topliss-reactive ketones (excluding diaryl/α,β-unsaturated/α-hetero) is 1. The lowest BCUT2D eigenvalue weighted by Crippen LogP contribution is -2.61. The van der Waals surface area contributed by atoms with E-state index in [1.807, 2.05) is 34.7 Å². The normalized spacial score (nSPS) is 30.1. The lowest BCUT2D eigenvalue weighted by atomic mass is 9.64. The van der Waals surface area contributed by atoms with Gasteiger partial charge in [0.25, 0.3) is 0 Å². The van der Waals surface area contributed by atoms with Gasteiger partial charge in [-0.15, -0.1) is 0 Å². The number of rotatable bonds is 11. The second-order valence-electron chi connectivity index (χ2n) is 10.0. The van der Waals surface area contributed by atoms with Crippen LogP contribution in [0.3, 0.4) is 0 Å². The molecule has 9 heteroatoms. The van der Waals surface area contributed by atoms with Crippen molar-refractivity contribution in [2.24, 2.45) is 17.8 Å². The van der Waals surface area contributed by atoms with E-state index in [4.69, 9.17) is 9.47 Å². The van der Waals surface area contributed by atoms with Crippen LogP contribution in [0.4, 0.5) is 0 Å². The van der Waals surface area contributed by atoms with Gasteiger partial charge in [0.05, 0.1) is 15.8 Å². The average Bonchev–Trinajstić information content (AvgIpc) is 3.03. The Hall–Kier alpha value is -2.08. The van der Waals surface area contributed by atoms with Gasteiger partial charge in [0.1, 0.15) is 17.8 Å². The summed E-state index contributed by atoms with van der Waals surface area (Å²) in [4.78, 5) is 37.6. The minimum Gasteiger partial charge on any atom is -0.459 e. The molecule has 3 N–H and O–H groups in total. The quantitative estimate of drug-likeness (QED) is 0.102. The number of halogens is 1. The van der Waals surface area contributed by atoms with Gasteiger partial charge in [-0.2, -0.15) is 0 Å². The number of hydrogen-bond acceptors (Lipinski definition) is 8. The minimum atomic E-state index is -1.98. The van der Waals surface area contributed by atoms with Crippen molar-refractivity contribution in [3.8, 4) is 0 Å². The van der Waals surface area contributed by atoms with Crippen molar-refractivity contribution in [1.82, 2.24) is 0 Å². The smallest absolute Gasteiger partial charge is 0.331 e. The van der Waals surface area contributed by atoms with Crippen LogP contribution in [0.5, 0.6) is 0 Å². The van der Waals surface area contributed by atoms with Crippen LogP contribution in [0.25, 0.3) is 0 Å². The Morgan fingerprint density at radius 2 is 1.82 bits per heavy atom. The number of carbonyl (C=O) groups is 3. The molecule has 0 aromatic rings. The summed E-state index contributed by atoms with van der Waals surface area (Å²) in [5, 5.41) is 33.7.